The van der Waals surface area contributed by atoms with Crippen LogP contribution in [0.25, 0.3) is 4.96 Å². The minimum Gasteiger partial charge on any atom is -0.370 e. The summed E-state index contributed by atoms with van der Waals surface area (Å²) in [7, 11) is 0. The van der Waals surface area contributed by atoms with E-state index in [0.717, 1.165) is 0 Å². The van der Waals surface area contributed by atoms with E-state index in [9.17, 15) is 14.4 Å². The summed E-state index contributed by atoms with van der Waals surface area (Å²) in [5.74, 6) is -0.875. The zero-order valence-electron chi connectivity index (χ0n) is 11.6. The molecule has 0 spiro atoms. The molecule has 0 fully saturated rings. The summed E-state index contributed by atoms with van der Waals surface area (Å²) in [4.78, 5) is 40.6. The maximum atomic E-state index is 12.1. The molecule has 3 heterocycles. The minimum absolute atomic E-state index is 0.169. The van der Waals surface area contributed by atoms with Gasteiger partial charge in [0.05, 0.1) is 17.6 Å². The second kappa shape index (κ2) is 6.58. The summed E-state index contributed by atoms with van der Waals surface area (Å²) in [6.07, 6.45) is 2.99. The highest BCUT2D eigenvalue weighted by Gasteiger charge is 2.09. The summed E-state index contributed by atoms with van der Waals surface area (Å²) >= 11 is 2.61. The Labute approximate surface area is 137 Å². The topological polar surface area (TPSA) is 105 Å². The largest absolute Gasteiger partial charge is 0.370 e. The fourth-order valence-corrected chi connectivity index (χ4v) is 3.06. The Morgan fingerprint density at radius 3 is 2.87 bits per heavy atom. The van der Waals surface area contributed by atoms with E-state index in [0.29, 0.717) is 9.84 Å². The molecule has 0 unspecified atom stereocenters. The number of hydrazine groups is 1. The van der Waals surface area contributed by atoms with Crippen LogP contribution < -0.4 is 21.7 Å². The molecule has 0 aliphatic carbocycles. The van der Waals surface area contributed by atoms with Crippen molar-refractivity contribution in [3.8, 4) is 0 Å². The van der Waals surface area contributed by atoms with Gasteiger partial charge in [-0.05, 0) is 11.4 Å². The second-order valence-electron chi connectivity index (χ2n) is 4.37. The van der Waals surface area contributed by atoms with Crippen LogP contribution in [0.4, 0.5) is 5.69 Å². The van der Waals surface area contributed by atoms with Crippen LogP contribution in [0.2, 0.25) is 0 Å². The zero-order chi connectivity index (χ0) is 16.2. The van der Waals surface area contributed by atoms with E-state index in [-0.39, 0.29) is 17.8 Å². The van der Waals surface area contributed by atoms with Gasteiger partial charge in [-0.25, -0.2) is 4.98 Å². The van der Waals surface area contributed by atoms with Crippen molar-refractivity contribution >= 4 is 45.1 Å². The van der Waals surface area contributed by atoms with Crippen LogP contribution >= 0.6 is 22.7 Å². The lowest BCUT2D eigenvalue weighted by Gasteiger charge is -2.08. The molecule has 23 heavy (non-hydrogen) atoms. The lowest BCUT2D eigenvalue weighted by atomic mass is 10.4. The third-order valence-electron chi connectivity index (χ3n) is 2.84. The molecule has 0 aromatic carbocycles. The predicted molar refractivity (Wildman–Crippen MR) is 87.8 cm³/mol. The van der Waals surface area contributed by atoms with Gasteiger partial charge in [-0.2, -0.15) is 0 Å². The highest BCUT2D eigenvalue weighted by molar-refractivity contribution is 7.15. The van der Waals surface area contributed by atoms with Gasteiger partial charge in [0.25, 0.3) is 17.4 Å². The lowest BCUT2D eigenvalue weighted by molar-refractivity contribution is -0.120. The summed E-state index contributed by atoms with van der Waals surface area (Å²) in [5, 5.41) is 6.21. The van der Waals surface area contributed by atoms with E-state index in [1.807, 2.05) is 0 Å². The number of carbonyl (C=O) groups is 2. The molecule has 0 bridgehead atoms. The van der Waals surface area contributed by atoms with E-state index in [1.54, 1.807) is 29.1 Å². The molecule has 8 nitrogen and oxygen atoms in total. The SMILES string of the molecule is O=C(CNc1cnc2sccn2c1=O)NNC(=O)c1cccs1. The fourth-order valence-electron chi connectivity index (χ4n) is 1.76. The van der Waals surface area contributed by atoms with E-state index >= 15 is 0 Å². The van der Waals surface area contributed by atoms with Gasteiger partial charge < -0.3 is 5.32 Å². The number of carbonyl (C=O) groups excluding carboxylic acids is 2. The van der Waals surface area contributed by atoms with Crippen LogP contribution in [0.5, 0.6) is 0 Å². The van der Waals surface area contributed by atoms with Gasteiger partial charge in [-0.15, -0.1) is 22.7 Å². The van der Waals surface area contributed by atoms with Crippen molar-refractivity contribution < 1.29 is 9.59 Å². The molecule has 3 rings (SSSR count). The van der Waals surface area contributed by atoms with Crippen LogP contribution in [0.15, 0.2) is 40.1 Å². The maximum absolute atomic E-state index is 12.1. The number of fused-ring (bicyclic) bond motifs is 1. The number of rotatable bonds is 4. The summed E-state index contributed by atoms with van der Waals surface area (Å²) in [6, 6.07) is 3.39. The Balaban J connectivity index is 1.55. The Kier molecular flexibility index (Phi) is 4.35. The Morgan fingerprint density at radius 2 is 2.09 bits per heavy atom. The molecule has 3 aromatic rings. The molecule has 10 heteroatoms. The first-order valence-electron chi connectivity index (χ1n) is 6.46. The number of hydrogen-bond donors (Lipinski definition) is 3. The Bertz CT molecular complexity index is 900. The molecule has 118 valence electrons. The van der Waals surface area contributed by atoms with Crippen LogP contribution in [0.3, 0.4) is 0 Å². The minimum atomic E-state index is -0.482. The maximum Gasteiger partial charge on any atom is 0.281 e. The van der Waals surface area contributed by atoms with Crippen molar-refractivity contribution in [2.75, 3.05) is 11.9 Å². The number of nitrogens with zero attached hydrogens (tertiary/aromatic N) is 2. The van der Waals surface area contributed by atoms with Crippen molar-refractivity contribution in [2.45, 2.75) is 0 Å². The Hall–Kier alpha value is -2.72. The summed E-state index contributed by atoms with van der Waals surface area (Å²) in [6.45, 7) is -0.169. The number of aromatic nitrogens is 2. The number of amides is 2. The van der Waals surface area contributed by atoms with Crippen molar-refractivity contribution in [3.05, 3.63) is 50.5 Å². The number of hydrogen-bond acceptors (Lipinski definition) is 7. The standard InChI is InChI=1S/C13H11N5O3S2/c19-10(16-17-11(20)9-2-1-4-22-9)7-14-8-6-15-13-18(12(8)21)3-5-23-13/h1-6,14H,7H2,(H,16,19)(H,17,20). The lowest BCUT2D eigenvalue weighted by Crippen LogP contribution is -2.44. The fraction of sp³-hybridized carbons (Fsp3) is 0.0769. The second-order valence-corrected chi connectivity index (χ2v) is 6.19. The van der Waals surface area contributed by atoms with Crippen molar-refractivity contribution in [1.29, 1.82) is 0 Å². The van der Waals surface area contributed by atoms with Gasteiger partial charge in [0.2, 0.25) is 0 Å². The normalized spacial score (nSPS) is 10.4. The average molecular weight is 349 g/mol. The molecular weight excluding hydrogens is 338 g/mol. The van der Waals surface area contributed by atoms with Gasteiger partial charge >= 0.3 is 0 Å². The summed E-state index contributed by atoms with van der Waals surface area (Å²) < 4.78 is 1.39. The monoisotopic (exact) mass is 349 g/mol. The molecule has 0 aliphatic heterocycles. The van der Waals surface area contributed by atoms with Gasteiger partial charge in [-0.3, -0.25) is 29.6 Å². The zero-order valence-corrected chi connectivity index (χ0v) is 13.2. The predicted octanol–water partition coefficient (Wildman–Crippen LogP) is 0.691. The highest BCUT2D eigenvalue weighted by Crippen LogP contribution is 2.08. The van der Waals surface area contributed by atoms with E-state index < -0.39 is 11.8 Å². The third kappa shape index (κ3) is 3.38. The van der Waals surface area contributed by atoms with E-state index in [2.05, 4.69) is 21.2 Å². The quantitative estimate of drug-likeness (QED) is 0.601. The third-order valence-corrected chi connectivity index (χ3v) is 4.48. The molecule has 0 atom stereocenters. The summed E-state index contributed by atoms with van der Waals surface area (Å²) in [5.41, 5.74) is 4.49. The van der Waals surface area contributed by atoms with Crippen molar-refractivity contribution in [1.82, 2.24) is 20.2 Å². The average Bonchev–Trinajstić information content (AvgIpc) is 3.23. The highest BCUT2D eigenvalue weighted by atomic mass is 32.1. The molecule has 0 aliphatic rings. The molecule has 0 radical (unpaired) electrons. The van der Waals surface area contributed by atoms with E-state index in [1.165, 1.54) is 33.3 Å². The first-order chi connectivity index (χ1) is 11.1. The van der Waals surface area contributed by atoms with Crippen LogP contribution in [0, 0.1) is 0 Å². The van der Waals surface area contributed by atoms with Crippen LogP contribution in [0.1, 0.15) is 9.67 Å². The first kappa shape index (κ1) is 15.2. The van der Waals surface area contributed by atoms with Crippen LogP contribution in [-0.2, 0) is 4.79 Å². The van der Waals surface area contributed by atoms with Gasteiger partial charge in [-0.1, -0.05) is 6.07 Å². The molecule has 2 amide bonds. The molecule has 0 saturated carbocycles. The van der Waals surface area contributed by atoms with Crippen molar-refractivity contribution in [2.24, 2.45) is 0 Å². The van der Waals surface area contributed by atoms with Crippen LogP contribution in [-0.4, -0.2) is 27.7 Å². The first-order valence-corrected chi connectivity index (χ1v) is 8.22. The van der Waals surface area contributed by atoms with Gasteiger partial charge in [0.15, 0.2) is 4.96 Å². The van der Waals surface area contributed by atoms with E-state index in [4.69, 9.17) is 0 Å². The molecule has 0 saturated heterocycles. The number of thiophene rings is 1. The smallest absolute Gasteiger partial charge is 0.281 e. The number of nitrogens with one attached hydrogen (secondary N) is 3. The molecular formula is C13H11N5O3S2. The van der Waals surface area contributed by atoms with Gasteiger partial charge in [0, 0.05) is 11.6 Å². The Morgan fingerprint density at radius 1 is 1.22 bits per heavy atom. The number of thiazole rings is 1. The number of anilines is 1. The molecule has 3 aromatic heterocycles. The van der Waals surface area contributed by atoms with Gasteiger partial charge in [0.1, 0.15) is 5.69 Å². The van der Waals surface area contributed by atoms with Crippen molar-refractivity contribution in [3.63, 3.8) is 0 Å². The molecule has 3 N–H and O–H groups in total.